The fourth-order valence-corrected chi connectivity index (χ4v) is 5.05. The summed E-state index contributed by atoms with van der Waals surface area (Å²) in [5, 5.41) is 26.3. The number of hydrogen-bond acceptors (Lipinski definition) is 11. The summed E-state index contributed by atoms with van der Waals surface area (Å²) in [5.74, 6) is 0.779. The van der Waals surface area contributed by atoms with Crippen LogP contribution in [0.3, 0.4) is 0 Å². The average Bonchev–Trinajstić information content (AvgIpc) is 3.39. The van der Waals surface area contributed by atoms with Crippen LogP contribution in [0.2, 0.25) is 0 Å². The van der Waals surface area contributed by atoms with E-state index in [4.69, 9.17) is 14.2 Å². The van der Waals surface area contributed by atoms with E-state index in [-0.39, 0.29) is 24.2 Å². The van der Waals surface area contributed by atoms with Gasteiger partial charge in [0.1, 0.15) is 34.6 Å². The van der Waals surface area contributed by atoms with E-state index in [0.717, 1.165) is 11.1 Å². The molecule has 0 saturated carbocycles. The van der Waals surface area contributed by atoms with Crippen LogP contribution in [0.5, 0.6) is 11.5 Å². The predicted molar refractivity (Wildman–Crippen MR) is 164 cm³/mol. The summed E-state index contributed by atoms with van der Waals surface area (Å²) < 4.78 is 48.7. The number of rotatable bonds is 14. The Morgan fingerprint density at radius 1 is 1.19 bits per heavy atom. The smallest absolute Gasteiger partial charge is 0.243 e. The molecule has 0 aliphatic heterocycles. The summed E-state index contributed by atoms with van der Waals surface area (Å²) in [6.45, 7) is 9.40. The maximum Gasteiger partial charge on any atom is 0.243 e. The van der Waals surface area contributed by atoms with Gasteiger partial charge in [-0.15, -0.1) is 10.2 Å². The number of nitrogens with one attached hydrogen (secondary N) is 1. The second kappa shape index (κ2) is 14.8. The molecule has 14 nitrogen and oxygen atoms in total. The van der Waals surface area contributed by atoms with Crippen molar-refractivity contribution in [3.8, 4) is 28.6 Å². The number of aliphatic hydroxyl groups excluding tert-OH is 2. The molecule has 1 aromatic carbocycles. The van der Waals surface area contributed by atoms with Gasteiger partial charge in [0.2, 0.25) is 16.0 Å². The molecule has 0 radical (unpaired) electrons. The first kappa shape index (κ1) is 33.3. The van der Waals surface area contributed by atoms with Crippen LogP contribution in [-0.2, 0) is 14.8 Å². The number of anilines is 1. The van der Waals surface area contributed by atoms with Gasteiger partial charge in [-0.3, -0.25) is 14.3 Å². The molecule has 0 fully saturated rings. The van der Waals surface area contributed by atoms with Crippen LogP contribution in [0.25, 0.3) is 17.1 Å². The summed E-state index contributed by atoms with van der Waals surface area (Å²) in [4.78, 5) is 12.4. The molecular weight excluding hydrogens is 578 g/mol. The van der Waals surface area contributed by atoms with Crippen molar-refractivity contribution in [3.63, 3.8) is 0 Å². The first-order valence-corrected chi connectivity index (χ1v) is 14.7. The largest absolute Gasteiger partial charge is 0.494 e. The Hall–Kier alpha value is -4.18. The molecule has 0 saturated heterocycles. The molecule has 0 amide bonds. The van der Waals surface area contributed by atoms with Crippen LogP contribution in [0.4, 0.5) is 5.95 Å². The van der Waals surface area contributed by atoms with Gasteiger partial charge in [0.15, 0.2) is 11.7 Å². The Kier molecular flexibility index (Phi) is 11.5. The lowest BCUT2D eigenvalue weighted by Crippen LogP contribution is -2.43. The predicted octanol–water partition coefficient (Wildman–Crippen LogP) is 2.55. The zero-order valence-corrected chi connectivity index (χ0v) is 25.7. The Morgan fingerprint density at radius 3 is 2.42 bits per heavy atom. The number of amidine groups is 1. The zero-order chi connectivity index (χ0) is 31.7. The van der Waals surface area contributed by atoms with Crippen molar-refractivity contribution in [2.24, 2.45) is 9.98 Å². The number of para-hydroxylation sites is 1. The van der Waals surface area contributed by atoms with Crippen molar-refractivity contribution in [2.45, 2.75) is 45.2 Å². The number of aliphatic imine (C=N–C) groups is 2. The molecule has 232 valence electrons. The van der Waals surface area contributed by atoms with E-state index in [1.807, 2.05) is 13.0 Å². The fraction of sp³-hybridized carbons (Fsp3) is 0.393. The number of aromatic nitrogens is 4. The summed E-state index contributed by atoms with van der Waals surface area (Å²) >= 11 is 0. The van der Waals surface area contributed by atoms with E-state index in [2.05, 4.69) is 36.6 Å². The number of benzene rings is 1. The molecule has 0 spiro atoms. The van der Waals surface area contributed by atoms with Crippen LogP contribution < -0.4 is 14.2 Å². The third-order valence-corrected chi connectivity index (χ3v) is 7.81. The van der Waals surface area contributed by atoms with Gasteiger partial charge < -0.3 is 24.4 Å². The van der Waals surface area contributed by atoms with Crippen LogP contribution in [-0.4, -0.2) is 95.8 Å². The molecule has 3 N–H and O–H groups in total. The first-order valence-electron chi connectivity index (χ1n) is 13.2. The Morgan fingerprint density at radius 2 is 1.86 bits per heavy atom. The molecule has 0 aliphatic rings. The van der Waals surface area contributed by atoms with E-state index in [1.165, 1.54) is 31.9 Å². The minimum Gasteiger partial charge on any atom is -0.494 e. The molecule has 0 aliphatic carbocycles. The lowest BCUT2D eigenvalue weighted by atomic mass is 10.2. The molecule has 2 aromatic heterocycles. The van der Waals surface area contributed by atoms with Gasteiger partial charge in [-0.1, -0.05) is 11.6 Å². The third kappa shape index (κ3) is 8.01. The quantitative estimate of drug-likeness (QED) is 0.180. The highest BCUT2D eigenvalue weighted by Gasteiger charge is 2.36. The monoisotopic (exact) mass is 615 g/mol. The molecule has 3 atom stereocenters. The molecule has 15 heteroatoms. The molecule has 0 unspecified atom stereocenters. The van der Waals surface area contributed by atoms with Crippen molar-refractivity contribution < 1.29 is 32.8 Å². The Labute approximate surface area is 250 Å². The highest BCUT2D eigenvalue weighted by molar-refractivity contribution is 7.93. The van der Waals surface area contributed by atoms with Gasteiger partial charge in [-0.25, -0.2) is 18.4 Å². The number of methoxy groups -OCH3 is 2. The van der Waals surface area contributed by atoms with Gasteiger partial charge in [0.25, 0.3) is 0 Å². The van der Waals surface area contributed by atoms with Crippen LogP contribution in [0.1, 0.15) is 26.3 Å². The summed E-state index contributed by atoms with van der Waals surface area (Å²) in [6, 6.07) is 6.93. The summed E-state index contributed by atoms with van der Waals surface area (Å²) in [7, 11) is -1.39. The summed E-state index contributed by atoms with van der Waals surface area (Å²) in [6.07, 6.45) is 2.20. The number of nitrogens with zero attached hydrogens (tertiary/aromatic N) is 6. The molecule has 2 heterocycles. The van der Waals surface area contributed by atoms with E-state index in [0.29, 0.717) is 22.7 Å². The number of ether oxygens (including phenoxy) is 3. The molecule has 43 heavy (non-hydrogen) atoms. The fourth-order valence-electron chi connectivity index (χ4n) is 3.95. The van der Waals surface area contributed by atoms with Gasteiger partial charge in [-0.05, 0) is 58.2 Å². The number of aryl methyl sites for hydroxylation is 1. The maximum atomic E-state index is 13.9. The van der Waals surface area contributed by atoms with Crippen LogP contribution in [0.15, 0.2) is 58.4 Å². The minimum absolute atomic E-state index is 0.0383. The van der Waals surface area contributed by atoms with Crippen molar-refractivity contribution >= 4 is 28.5 Å². The average molecular weight is 616 g/mol. The highest BCUT2D eigenvalue weighted by atomic mass is 32.2. The van der Waals surface area contributed by atoms with E-state index >= 15 is 0 Å². The number of pyridine rings is 1. The lowest BCUT2D eigenvalue weighted by Gasteiger charge is -2.25. The molecular formula is C28H37N7O7S. The number of hydrogen-bond donors (Lipinski definition) is 3. The Balaban J connectivity index is 2.18. The first-order chi connectivity index (χ1) is 20.5. The normalized spacial score (nSPS) is 14.0. The number of aliphatic hydroxyl groups is 2. The van der Waals surface area contributed by atoms with Gasteiger partial charge in [0.05, 0.1) is 27.4 Å². The second-order valence-corrected chi connectivity index (χ2v) is 11.8. The summed E-state index contributed by atoms with van der Waals surface area (Å²) in [5.41, 5.74) is 2.57. The van der Waals surface area contributed by atoms with Crippen LogP contribution in [0, 0.1) is 6.92 Å². The molecule has 0 bridgehead atoms. The minimum atomic E-state index is -4.34. The van der Waals surface area contributed by atoms with E-state index in [1.54, 1.807) is 44.4 Å². The van der Waals surface area contributed by atoms with Crippen molar-refractivity contribution in [1.29, 1.82) is 0 Å². The molecule has 3 rings (SSSR count). The van der Waals surface area contributed by atoms with E-state index in [9.17, 15) is 18.6 Å². The Bertz CT molecular complexity index is 1560. The van der Waals surface area contributed by atoms with Crippen molar-refractivity contribution in [1.82, 2.24) is 19.7 Å². The SMILES string of the molecule is C=N/C(=N\C=C(C)C)[C@H](OC[C@H](O)CO)[C@@H](C)S(=O)(=O)Nc1nnc(-c2cncc(C)c2)n1-c1c(OC)cccc1OC. The van der Waals surface area contributed by atoms with Crippen molar-refractivity contribution in [3.05, 3.63) is 54.0 Å². The van der Waals surface area contributed by atoms with Gasteiger partial charge in [-0.2, -0.15) is 0 Å². The maximum absolute atomic E-state index is 13.9. The third-order valence-electron chi connectivity index (χ3n) is 6.12. The van der Waals surface area contributed by atoms with Gasteiger partial charge in [0, 0.05) is 24.2 Å². The number of sulfonamides is 1. The zero-order valence-electron chi connectivity index (χ0n) is 24.9. The molecule has 3 aromatic rings. The van der Waals surface area contributed by atoms with Gasteiger partial charge >= 0.3 is 0 Å². The van der Waals surface area contributed by atoms with Crippen molar-refractivity contribution in [2.75, 3.05) is 32.2 Å². The standard InChI is InChI=1S/C28H37N7O7S/c1-17(2)12-31-26(29-5)25(42-16-21(37)15-36)19(4)43(38,39)34-28-33-32-27(20-11-18(3)13-30-14-20)35(28)24-22(40-6)9-8-10-23(24)41-7/h8-14,19,21,25,36-37H,5,15-16H2,1-4,6-7H3,(H,33,34)/b31-26-/t19-,21-,25-/m1/s1. The second-order valence-electron chi connectivity index (χ2n) is 9.74. The van der Waals surface area contributed by atoms with E-state index < -0.39 is 34.1 Å². The topological polar surface area (TPSA) is 183 Å². The van der Waals surface area contributed by atoms with Crippen LogP contribution >= 0.6 is 0 Å². The highest BCUT2D eigenvalue weighted by Crippen LogP contribution is 2.38. The number of allylic oxidation sites excluding steroid dienone is 1. The lowest BCUT2D eigenvalue weighted by molar-refractivity contribution is -0.00841.